The van der Waals surface area contributed by atoms with E-state index in [0.717, 1.165) is 28.1 Å². The van der Waals surface area contributed by atoms with E-state index in [1.54, 1.807) is 0 Å². The molecule has 1 aromatic rings. The molecule has 0 saturated heterocycles. The molecule has 3 N–H and O–H groups in total. The van der Waals surface area contributed by atoms with Gasteiger partial charge in [-0.2, -0.15) is 0 Å². The molecular formula is C16H25BrN2O2. The zero-order chi connectivity index (χ0) is 15.2. The van der Waals surface area contributed by atoms with Gasteiger partial charge in [-0.05, 0) is 46.1 Å². The third-order valence-electron chi connectivity index (χ3n) is 4.06. The van der Waals surface area contributed by atoms with Gasteiger partial charge in [0.25, 0.3) is 0 Å². The lowest BCUT2D eigenvalue weighted by atomic mass is 10.0. The number of rotatable bonds is 7. The minimum Gasteiger partial charge on any atom is -0.486 e. The van der Waals surface area contributed by atoms with E-state index in [4.69, 9.17) is 15.2 Å². The second-order valence-corrected chi connectivity index (χ2v) is 6.26. The topological polar surface area (TPSA) is 56.5 Å². The molecule has 0 bridgehead atoms. The average molecular weight is 357 g/mol. The molecule has 0 spiro atoms. The van der Waals surface area contributed by atoms with Gasteiger partial charge in [0.1, 0.15) is 13.2 Å². The van der Waals surface area contributed by atoms with E-state index >= 15 is 0 Å². The molecule has 1 aliphatic rings. The van der Waals surface area contributed by atoms with Crippen LogP contribution in [0.2, 0.25) is 0 Å². The first kappa shape index (κ1) is 16.6. The summed E-state index contributed by atoms with van der Waals surface area (Å²) in [6, 6.07) is 4.25. The number of ether oxygens (including phenoxy) is 2. The standard InChI is InChI=1S/C16H25BrN2O2/c1-3-11(4-2)10-19-14(9-18)12-7-13(17)16-15(8-12)20-5-6-21-16/h7-8,11,14,19H,3-6,9-10,18H2,1-2H3. The molecule has 0 aromatic heterocycles. The summed E-state index contributed by atoms with van der Waals surface area (Å²) >= 11 is 3.56. The zero-order valence-corrected chi connectivity index (χ0v) is 14.4. The number of fused-ring (bicyclic) bond motifs is 1. The molecular weight excluding hydrogens is 332 g/mol. The van der Waals surface area contributed by atoms with Crippen LogP contribution in [0.15, 0.2) is 16.6 Å². The Kier molecular flexibility index (Phi) is 6.33. The fourth-order valence-corrected chi connectivity index (χ4v) is 3.13. The van der Waals surface area contributed by atoms with Gasteiger partial charge in [-0.3, -0.25) is 0 Å². The molecule has 2 rings (SSSR count). The summed E-state index contributed by atoms with van der Waals surface area (Å²) < 4.78 is 12.2. The summed E-state index contributed by atoms with van der Waals surface area (Å²) in [5.41, 5.74) is 7.09. The van der Waals surface area contributed by atoms with Gasteiger partial charge in [0, 0.05) is 12.6 Å². The molecule has 1 aromatic carbocycles. The summed E-state index contributed by atoms with van der Waals surface area (Å²) in [7, 11) is 0. The molecule has 21 heavy (non-hydrogen) atoms. The highest BCUT2D eigenvalue weighted by atomic mass is 79.9. The molecule has 118 valence electrons. The van der Waals surface area contributed by atoms with E-state index in [1.807, 2.05) is 6.07 Å². The van der Waals surface area contributed by atoms with E-state index in [2.05, 4.69) is 41.2 Å². The molecule has 0 saturated carbocycles. The van der Waals surface area contributed by atoms with Gasteiger partial charge in [-0.25, -0.2) is 0 Å². The largest absolute Gasteiger partial charge is 0.486 e. The van der Waals surface area contributed by atoms with Gasteiger partial charge in [0.2, 0.25) is 0 Å². The van der Waals surface area contributed by atoms with E-state index in [1.165, 1.54) is 12.8 Å². The number of nitrogens with two attached hydrogens (primary N) is 1. The van der Waals surface area contributed by atoms with E-state index in [9.17, 15) is 0 Å². The maximum atomic E-state index is 5.95. The van der Waals surface area contributed by atoms with Crippen LogP contribution in [0, 0.1) is 5.92 Å². The Labute approximate surface area is 135 Å². The Morgan fingerprint density at radius 1 is 1.24 bits per heavy atom. The third-order valence-corrected chi connectivity index (χ3v) is 4.65. The highest BCUT2D eigenvalue weighted by Crippen LogP contribution is 2.39. The molecule has 4 nitrogen and oxygen atoms in total. The fourth-order valence-electron chi connectivity index (χ4n) is 2.56. The molecule has 0 aliphatic carbocycles. The fraction of sp³-hybridized carbons (Fsp3) is 0.625. The number of hydrogen-bond acceptors (Lipinski definition) is 4. The van der Waals surface area contributed by atoms with Gasteiger partial charge < -0.3 is 20.5 Å². The van der Waals surface area contributed by atoms with Crippen molar-refractivity contribution in [1.29, 1.82) is 0 Å². The normalized spacial score (nSPS) is 15.3. The second kappa shape index (κ2) is 8.01. The number of halogens is 1. The van der Waals surface area contributed by atoms with Crippen LogP contribution in [0.25, 0.3) is 0 Å². The molecule has 0 radical (unpaired) electrons. The molecule has 0 amide bonds. The summed E-state index contributed by atoms with van der Waals surface area (Å²) in [5, 5.41) is 3.58. The molecule has 1 atom stereocenters. The quantitative estimate of drug-likeness (QED) is 0.787. The van der Waals surface area contributed by atoms with Crippen molar-refractivity contribution in [2.24, 2.45) is 11.7 Å². The lowest BCUT2D eigenvalue weighted by Gasteiger charge is -2.24. The van der Waals surface area contributed by atoms with Crippen LogP contribution < -0.4 is 20.5 Å². The van der Waals surface area contributed by atoms with Crippen molar-refractivity contribution in [3.8, 4) is 11.5 Å². The highest BCUT2D eigenvalue weighted by Gasteiger charge is 2.20. The molecule has 1 heterocycles. The molecule has 1 aliphatic heterocycles. The van der Waals surface area contributed by atoms with Crippen molar-refractivity contribution in [3.05, 3.63) is 22.2 Å². The molecule has 1 unspecified atom stereocenters. The summed E-state index contributed by atoms with van der Waals surface area (Å²) in [4.78, 5) is 0. The number of hydrogen-bond donors (Lipinski definition) is 2. The minimum atomic E-state index is 0.137. The van der Waals surface area contributed by atoms with Gasteiger partial charge in [0.05, 0.1) is 4.47 Å². The smallest absolute Gasteiger partial charge is 0.175 e. The van der Waals surface area contributed by atoms with Gasteiger partial charge >= 0.3 is 0 Å². The van der Waals surface area contributed by atoms with Crippen LogP contribution in [0.5, 0.6) is 11.5 Å². The zero-order valence-electron chi connectivity index (χ0n) is 12.8. The first-order valence-electron chi connectivity index (χ1n) is 7.72. The average Bonchev–Trinajstić information content (AvgIpc) is 2.52. The van der Waals surface area contributed by atoms with Crippen LogP contribution in [-0.2, 0) is 0 Å². The Morgan fingerprint density at radius 2 is 1.95 bits per heavy atom. The van der Waals surface area contributed by atoms with Crippen molar-refractivity contribution in [2.45, 2.75) is 32.7 Å². The monoisotopic (exact) mass is 356 g/mol. The highest BCUT2D eigenvalue weighted by molar-refractivity contribution is 9.10. The van der Waals surface area contributed by atoms with E-state index in [-0.39, 0.29) is 6.04 Å². The van der Waals surface area contributed by atoms with Crippen LogP contribution in [0.1, 0.15) is 38.3 Å². The lowest BCUT2D eigenvalue weighted by molar-refractivity contribution is 0.170. The number of benzene rings is 1. The SMILES string of the molecule is CCC(CC)CNC(CN)c1cc(Br)c2c(c1)OCCO2. The number of nitrogens with one attached hydrogen (secondary N) is 1. The second-order valence-electron chi connectivity index (χ2n) is 5.41. The van der Waals surface area contributed by atoms with Crippen molar-refractivity contribution in [2.75, 3.05) is 26.3 Å². The van der Waals surface area contributed by atoms with Crippen LogP contribution in [0.3, 0.4) is 0 Å². The van der Waals surface area contributed by atoms with Crippen LogP contribution in [-0.4, -0.2) is 26.3 Å². The predicted molar refractivity (Wildman–Crippen MR) is 89.0 cm³/mol. The minimum absolute atomic E-state index is 0.137. The Hall–Kier alpha value is -0.780. The maximum absolute atomic E-state index is 5.95. The van der Waals surface area contributed by atoms with Gasteiger partial charge in [-0.1, -0.05) is 26.7 Å². The lowest BCUT2D eigenvalue weighted by Crippen LogP contribution is -2.32. The van der Waals surface area contributed by atoms with Crippen molar-refractivity contribution >= 4 is 15.9 Å². The van der Waals surface area contributed by atoms with Crippen LogP contribution in [0.4, 0.5) is 0 Å². The first-order valence-corrected chi connectivity index (χ1v) is 8.51. The maximum Gasteiger partial charge on any atom is 0.175 e. The Morgan fingerprint density at radius 3 is 2.62 bits per heavy atom. The van der Waals surface area contributed by atoms with Crippen molar-refractivity contribution in [1.82, 2.24) is 5.32 Å². The van der Waals surface area contributed by atoms with Crippen LogP contribution >= 0.6 is 15.9 Å². The first-order chi connectivity index (χ1) is 10.2. The molecule has 5 heteroatoms. The van der Waals surface area contributed by atoms with Crippen molar-refractivity contribution in [3.63, 3.8) is 0 Å². The summed E-state index contributed by atoms with van der Waals surface area (Å²) in [6.45, 7) is 7.20. The van der Waals surface area contributed by atoms with E-state index in [0.29, 0.717) is 25.7 Å². The van der Waals surface area contributed by atoms with Gasteiger partial charge in [-0.15, -0.1) is 0 Å². The Bertz CT molecular complexity index is 464. The summed E-state index contributed by atoms with van der Waals surface area (Å²) in [6.07, 6.45) is 2.37. The van der Waals surface area contributed by atoms with Crippen molar-refractivity contribution < 1.29 is 9.47 Å². The summed E-state index contributed by atoms with van der Waals surface area (Å²) in [5.74, 6) is 2.29. The van der Waals surface area contributed by atoms with E-state index < -0.39 is 0 Å². The molecule has 0 fully saturated rings. The Balaban J connectivity index is 2.12. The van der Waals surface area contributed by atoms with Gasteiger partial charge in [0.15, 0.2) is 11.5 Å². The third kappa shape index (κ3) is 4.11. The predicted octanol–water partition coefficient (Wildman–Crippen LogP) is 3.25.